The first-order valence-electron chi connectivity index (χ1n) is 9.77. The van der Waals surface area contributed by atoms with E-state index < -0.39 is 0 Å². The van der Waals surface area contributed by atoms with Crippen LogP contribution in [0.5, 0.6) is 11.5 Å². The van der Waals surface area contributed by atoms with E-state index in [1.54, 1.807) is 35.2 Å². The van der Waals surface area contributed by atoms with Crippen LogP contribution in [0.2, 0.25) is 0 Å². The number of carbonyl (C=O) groups is 1. The van der Waals surface area contributed by atoms with Gasteiger partial charge < -0.3 is 19.6 Å². The largest absolute Gasteiger partial charge is 0.507 e. The average Bonchev–Trinajstić information content (AvgIpc) is 3.00. The molecule has 6 heteroatoms. The number of Topliss-reactive ketones (excluding diaryl/α,β-unsaturated/α-hetero) is 1. The smallest absolute Gasteiger partial charge is 0.231 e. The number of phenolic OH excluding ortho intramolecular Hbond substituents is 1. The Kier molecular flexibility index (Phi) is 5.15. The number of ketones is 1. The maximum Gasteiger partial charge on any atom is 0.231 e. The zero-order valence-corrected chi connectivity index (χ0v) is 15.9. The van der Waals surface area contributed by atoms with Gasteiger partial charge in [0.1, 0.15) is 44.3 Å². The number of quaternary nitrogens is 2. The van der Waals surface area contributed by atoms with Gasteiger partial charge in [0, 0.05) is 0 Å². The van der Waals surface area contributed by atoms with E-state index in [1.807, 2.05) is 0 Å². The molecule has 146 valence electrons. The van der Waals surface area contributed by atoms with Crippen LogP contribution in [0.3, 0.4) is 0 Å². The van der Waals surface area contributed by atoms with Crippen LogP contribution >= 0.6 is 0 Å². The Morgan fingerprint density at radius 3 is 2.61 bits per heavy atom. The van der Waals surface area contributed by atoms with Gasteiger partial charge in [0.25, 0.3) is 0 Å². The molecule has 1 fully saturated rings. The zero-order chi connectivity index (χ0) is 19.7. The number of rotatable bonds is 4. The van der Waals surface area contributed by atoms with Gasteiger partial charge in [0.2, 0.25) is 5.78 Å². The molecular formula is C22H25FN2O3+2. The first kappa shape index (κ1) is 18.7. The molecule has 0 radical (unpaired) electrons. The van der Waals surface area contributed by atoms with E-state index in [-0.39, 0.29) is 23.1 Å². The van der Waals surface area contributed by atoms with Crippen molar-refractivity contribution < 1.29 is 28.8 Å². The number of piperazine rings is 1. The molecule has 0 saturated carbocycles. The Labute approximate surface area is 163 Å². The molecule has 2 aromatic carbocycles. The third kappa shape index (κ3) is 3.66. The fourth-order valence-electron chi connectivity index (χ4n) is 3.95. The molecule has 0 bridgehead atoms. The van der Waals surface area contributed by atoms with Crippen LogP contribution in [0.25, 0.3) is 6.08 Å². The Balaban J connectivity index is 1.59. The van der Waals surface area contributed by atoms with Crippen LogP contribution in [0, 0.1) is 5.82 Å². The van der Waals surface area contributed by atoms with E-state index in [0.29, 0.717) is 29.0 Å². The molecule has 0 atom stereocenters. The van der Waals surface area contributed by atoms with Crippen molar-refractivity contribution >= 4 is 11.9 Å². The van der Waals surface area contributed by atoms with Crippen molar-refractivity contribution in [2.45, 2.75) is 13.5 Å². The highest BCUT2D eigenvalue weighted by Gasteiger charge is 2.33. The van der Waals surface area contributed by atoms with Crippen molar-refractivity contribution in [3.8, 4) is 11.5 Å². The number of ether oxygens (including phenoxy) is 1. The topological polar surface area (TPSA) is 55.4 Å². The summed E-state index contributed by atoms with van der Waals surface area (Å²) in [6.07, 6.45) is 1.54. The summed E-state index contributed by atoms with van der Waals surface area (Å²) in [5, 5.41) is 10.4. The quantitative estimate of drug-likeness (QED) is 0.671. The van der Waals surface area contributed by atoms with Crippen molar-refractivity contribution in [1.29, 1.82) is 0 Å². The molecule has 5 nitrogen and oxygen atoms in total. The first-order valence-corrected chi connectivity index (χ1v) is 9.77. The van der Waals surface area contributed by atoms with Crippen LogP contribution in [0.4, 0.5) is 4.39 Å². The average molecular weight is 384 g/mol. The minimum absolute atomic E-state index is 0.149. The maximum absolute atomic E-state index is 13.4. The van der Waals surface area contributed by atoms with Gasteiger partial charge in [-0.15, -0.1) is 0 Å². The number of allylic oxidation sites excluding steroid dienone is 1. The second-order valence-electron chi connectivity index (χ2n) is 7.47. The van der Waals surface area contributed by atoms with Gasteiger partial charge in [-0.05, 0) is 42.8 Å². The lowest BCUT2D eigenvalue weighted by Crippen LogP contribution is -3.27. The Bertz CT molecular complexity index is 933. The number of hydrogen-bond donors (Lipinski definition) is 3. The lowest BCUT2D eigenvalue weighted by molar-refractivity contribution is -1.02. The predicted molar refractivity (Wildman–Crippen MR) is 103 cm³/mol. The van der Waals surface area contributed by atoms with Gasteiger partial charge in [-0.2, -0.15) is 0 Å². The Morgan fingerprint density at radius 1 is 1.14 bits per heavy atom. The lowest BCUT2D eigenvalue weighted by atomic mass is 10.0. The van der Waals surface area contributed by atoms with Crippen molar-refractivity contribution in [3.05, 3.63) is 64.7 Å². The summed E-state index contributed by atoms with van der Waals surface area (Å²) >= 11 is 0. The highest BCUT2D eigenvalue weighted by molar-refractivity contribution is 6.14. The molecule has 0 unspecified atom stereocenters. The molecule has 4 rings (SSSR count). The summed E-state index contributed by atoms with van der Waals surface area (Å²) in [5.41, 5.74) is 1.68. The number of fused-ring (bicyclic) bond motifs is 1. The van der Waals surface area contributed by atoms with E-state index in [1.165, 1.54) is 17.0 Å². The molecular weight excluding hydrogens is 359 g/mol. The molecule has 0 spiro atoms. The summed E-state index contributed by atoms with van der Waals surface area (Å²) in [6, 6.07) is 9.17. The minimum Gasteiger partial charge on any atom is -0.507 e. The van der Waals surface area contributed by atoms with Gasteiger partial charge in [-0.3, -0.25) is 4.79 Å². The molecule has 2 aromatic rings. The third-order valence-corrected chi connectivity index (χ3v) is 5.65. The molecule has 0 amide bonds. The van der Waals surface area contributed by atoms with Gasteiger partial charge in [0.15, 0.2) is 11.5 Å². The fraction of sp³-hybridized carbons (Fsp3) is 0.318. The summed E-state index contributed by atoms with van der Waals surface area (Å²) in [7, 11) is 0. The van der Waals surface area contributed by atoms with Crippen molar-refractivity contribution in [2.24, 2.45) is 0 Å². The van der Waals surface area contributed by atoms with E-state index in [2.05, 4.69) is 6.92 Å². The van der Waals surface area contributed by atoms with Crippen molar-refractivity contribution in [3.63, 3.8) is 0 Å². The fourth-order valence-corrected chi connectivity index (χ4v) is 3.95. The number of phenols is 1. The van der Waals surface area contributed by atoms with E-state index in [0.717, 1.165) is 32.7 Å². The van der Waals surface area contributed by atoms with E-state index in [9.17, 15) is 14.3 Å². The van der Waals surface area contributed by atoms with Crippen molar-refractivity contribution in [1.82, 2.24) is 0 Å². The third-order valence-electron chi connectivity index (χ3n) is 5.65. The number of likely N-dealkylation sites (N-methyl/N-ethyl adjacent to an activating group) is 1. The molecule has 3 N–H and O–H groups in total. The first-order chi connectivity index (χ1) is 13.5. The number of halogens is 1. The van der Waals surface area contributed by atoms with Crippen molar-refractivity contribution in [2.75, 3.05) is 32.7 Å². The molecule has 2 aliphatic heterocycles. The highest BCUT2D eigenvalue weighted by Crippen LogP contribution is 2.39. The van der Waals surface area contributed by atoms with Crippen LogP contribution in [0.15, 0.2) is 42.2 Å². The van der Waals surface area contributed by atoms with Gasteiger partial charge >= 0.3 is 0 Å². The molecule has 1 saturated heterocycles. The standard InChI is InChI=1S/C22H23FN2O3/c1-2-24-8-10-25(11-9-24)14-18-19(26)7-6-17-21(27)20(28-22(17)18)13-15-4-3-5-16(23)12-15/h3-7,12-13,26H,2,8-11,14H2,1H3/p+2/b20-13+. The maximum atomic E-state index is 13.4. The Morgan fingerprint density at radius 2 is 1.89 bits per heavy atom. The Hall–Kier alpha value is -2.70. The monoisotopic (exact) mass is 384 g/mol. The lowest BCUT2D eigenvalue weighted by Gasteiger charge is -2.29. The number of hydrogen-bond acceptors (Lipinski definition) is 3. The van der Waals surface area contributed by atoms with Gasteiger partial charge in [-0.1, -0.05) is 12.1 Å². The molecule has 2 aliphatic rings. The normalized spacial score (nSPS) is 22.9. The number of benzene rings is 2. The molecule has 0 aromatic heterocycles. The van der Waals surface area contributed by atoms with Gasteiger partial charge in [-0.25, -0.2) is 4.39 Å². The summed E-state index contributed by atoms with van der Waals surface area (Å²) in [5.74, 6) is 0.132. The number of aromatic hydroxyl groups is 1. The summed E-state index contributed by atoms with van der Waals surface area (Å²) in [4.78, 5) is 15.7. The molecule has 0 aliphatic carbocycles. The van der Waals surface area contributed by atoms with Crippen LogP contribution in [-0.2, 0) is 6.54 Å². The number of carbonyl (C=O) groups excluding carboxylic acids is 1. The minimum atomic E-state index is -0.368. The zero-order valence-electron chi connectivity index (χ0n) is 15.9. The SMILES string of the molecule is CC[NH+]1CC[NH+](Cc2c(O)ccc3c2O/C(=C/c2cccc(F)c2)C3=O)CC1. The van der Waals surface area contributed by atoms with E-state index >= 15 is 0 Å². The summed E-state index contributed by atoms with van der Waals surface area (Å²) < 4.78 is 19.3. The molecule has 2 heterocycles. The number of nitrogens with one attached hydrogen (secondary N) is 2. The second-order valence-corrected chi connectivity index (χ2v) is 7.47. The summed E-state index contributed by atoms with van der Waals surface area (Å²) in [6.45, 7) is 8.19. The second kappa shape index (κ2) is 7.73. The van der Waals surface area contributed by atoms with E-state index in [4.69, 9.17) is 4.74 Å². The predicted octanol–water partition coefficient (Wildman–Crippen LogP) is 0.451. The van der Waals surface area contributed by atoms with Crippen LogP contribution in [-0.4, -0.2) is 43.6 Å². The molecule has 28 heavy (non-hydrogen) atoms. The van der Waals surface area contributed by atoms with Gasteiger partial charge in [0.05, 0.1) is 17.7 Å². The highest BCUT2D eigenvalue weighted by atomic mass is 19.1. The van der Waals surface area contributed by atoms with Crippen LogP contribution < -0.4 is 14.5 Å². The van der Waals surface area contributed by atoms with Crippen LogP contribution in [0.1, 0.15) is 28.4 Å².